The van der Waals surface area contributed by atoms with Crippen molar-refractivity contribution in [3.8, 4) is 0 Å². The molecule has 2 aliphatic carbocycles. The van der Waals surface area contributed by atoms with Gasteiger partial charge in [-0.2, -0.15) is 0 Å². The molecule has 0 nitrogen and oxygen atoms in total. The summed E-state index contributed by atoms with van der Waals surface area (Å²) in [7, 11) is 0. The number of alkyl halides is 1. The summed E-state index contributed by atoms with van der Waals surface area (Å²) >= 11 is 0. The molecule has 0 aromatic carbocycles. The summed E-state index contributed by atoms with van der Waals surface area (Å²) in [6.45, 7) is 10.2. The topological polar surface area (TPSA) is 0 Å². The van der Waals surface area contributed by atoms with Crippen LogP contribution in [0.1, 0.15) is 73.1 Å². The maximum atomic E-state index is 13.8. The number of rotatable bonds is 6. The standard InChI is InChI=1S/C18H29F/c1-13(2)6-7-18(8-9-18)16-10-14(3)15(11-16)12-17(4,5)19/h11,13H,6-10,12H2,1-5H3. The van der Waals surface area contributed by atoms with Crippen LogP contribution in [-0.2, 0) is 0 Å². The molecule has 0 atom stereocenters. The van der Waals surface area contributed by atoms with Crippen molar-refractivity contribution in [2.24, 2.45) is 11.3 Å². The molecular formula is C18H29F. The zero-order valence-electron chi connectivity index (χ0n) is 13.3. The summed E-state index contributed by atoms with van der Waals surface area (Å²) in [5, 5.41) is 0. The second-order valence-electron chi connectivity index (χ2n) is 7.76. The van der Waals surface area contributed by atoms with Crippen LogP contribution in [-0.4, -0.2) is 5.67 Å². The molecule has 1 fully saturated rings. The van der Waals surface area contributed by atoms with E-state index in [0.29, 0.717) is 11.8 Å². The van der Waals surface area contributed by atoms with Gasteiger partial charge in [0.1, 0.15) is 5.67 Å². The average Bonchev–Trinajstić information content (AvgIpc) is 2.96. The molecule has 0 bridgehead atoms. The Morgan fingerprint density at radius 1 is 1.32 bits per heavy atom. The van der Waals surface area contributed by atoms with Gasteiger partial charge in [0, 0.05) is 6.42 Å². The van der Waals surface area contributed by atoms with Crippen LogP contribution in [0.15, 0.2) is 22.8 Å². The van der Waals surface area contributed by atoms with Gasteiger partial charge in [-0.3, -0.25) is 0 Å². The molecule has 0 radical (unpaired) electrons. The maximum absolute atomic E-state index is 13.8. The first-order valence-electron chi connectivity index (χ1n) is 7.80. The summed E-state index contributed by atoms with van der Waals surface area (Å²) in [6.07, 6.45) is 9.36. The van der Waals surface area contributed by atoms with Crippen LogP contribution in [0.2, 0.25) is 0 Å². The molecule has 108 valence electrons. The first-order chi connectivity index (χ1) is 8.72. The lowest BCUT2D eigenvalue weighted by molar-refractivity contribution is 0.218. The Morgan fingerprint density at radius 3 is 2.42 bits per heavy atom. The molecule has 2 aliphatic rings. The first kappa shape index (κ1) is 14.8. The SMILES string of the molecule is CC1=C(CC(C)(C)F)C=C(C2(CCC(C)C)CC2)C1. The predicted octanol–water partition coefficient (Wildman–Crippen LogP) is 5.99. The van der Waals surface area contributed by atoms with Gasteiger partial charge < -0.3 is 0 Å². The van der Waals surface area contributed by atoms with Crippen LogP contribution in [0.25, 0.3) is 0 Å². The minimum atomic E-state index is -1.09. The van der Waals surface area contributed by atoms with Gasteiger partial charge in [0.2, 0.25) is 0 Å². The molecule has 0 N–H and O–H groups in total. The lowest BCUT2D eigenvalue weighted by atomic mass is 9.87. The van der Waals surface area contributed by atoms with Crippen molar-refractivity contribution in [3.63, 3.8) is 0 Å². The second kappa shape index (κ2) is 5.07. The normalized spacial score (nSPS) is 22.2. The first-order valence-corrected chi connectivity index (χ1v) is 7.80. The van der Waals surface area contributed by atoms with E-state index in [1.54, 1.807) is 19.4 Å². The number of hydrogen-bond acceptors (Lipinski definition) is 0. The van der Waals surface area contributed by atoms with Crippen LogP contribution >= 0.6 is 0 Å². The van der Waals surface area contributed by atoms with Gasteiger partial charge in [-0.15, -0.1) is 0 Å². The minimum Gasteiger partial charge on any atom is -0.244 e. The van der Waals surface area contributed by atoms with Crippen LogP contribution < -0.4 is 0 Å². The fourth-order valence-corrected chi connectivity index (χ4v) is 3.23. The van der Waals surface area contributed by atoms with Gasteiger partial charge in [0.05, 0.1) is 0 Å². The third-order valence-corrected chi connectivity index (χ3v) is 4.70. The zero-order chi connectivity index (χ0) is 14.3. The number of halogens is 1. The van der Waals surface area contributed by atoms with Crippen LogP contribution in [0.3, 0.4) is 0 Å². The molecule has 1 saturated carbocycles. The smallest absolute Gasteiger partial charge is 0.109 e. The highest BCUT2D eigenvalue weighted by Crippen LogP contribution is 2.59. The Balaban J connectivity index is 2.03. The van der Waals surface area contributed by atoms with E-state index < -0.39 is 5.67 Å². The summed E-state index contributed by atoms with van der Waals surface area (Å²) in [5.41, 5.74) is 3.67. The third kappa shape index (κ3) is 3.70. The quantitative estimate of drug-likeness (QED) is 0.553. The highest BCUT2D eigenvalue weighted by molar-refractivity contribution is 5.43. The number of hydrogen-bond donors (Lipinski definition) is 0. The summed E-state index contributed by atoms with van der Waals surface area (Å²) in [4.78, 5) is 0. The van der Waals surface area contributed by atoms with E-state index in [0.717, 1.165) is 12.3 Å². The molecule has 0 aliphatic heterocycles. The zero-order valence-corrected chi connectivity index (χ0v) is 13.3. The van der Waals surface area contributed by atoms with Gasteiger partial charge in [-0.25, -0.2) is 4.39 Å². The molecule has 0 amide bonds. The Morgan fingerprint density at radius 2 is 1.95 bits per heavy atom. The Kier molecular flexibility index (Phi) is 3.95. The Bertz CT molecular complexity index is 400. The van der Waals surface area contributed by atoms with E-state index in [1.807, 2.05) is 0 Å². The molecule has 0 spiro atoms. The van der Waals surface area contributed by atoms with Gasteiger partial charge in [-0.05, 0) is 63.4 Å². The molecule has 0 aromatic heterocycles. The monoisotopic (exact) mass is 264 g/mol. The average molecular weight is 264 g/mol. The predicted molar refractivity (Wildman–Crippen MR) is 80.9 cm³/mol. The summed E-state index contributed by atoms with van der Waals surface area (Å²) in [6, 6.07) is 0. The molecule has 19 heavy (non-hydrogen) atoms. The molecule has 0 aromatic rings. The van der Waals surface area contributed by atoms with Crippen LogP contribution in [0.5, 0.6) is 0 Å². The van der Waals surface area contributed by atoms with E-state index in [1.165, 1.54) is 36.8 Å². The highest BCUT2D eigenvalue weighted by Gasteiger charge is 2.46. The molecule has 0 unspecified atom stereocenters. The van der Waals surface area contributed by atoms with Crippen LogP contribution in [0.4, 0.5) is 4.39 Å². The molecule has 2 rings (SSSR count). The highest BCUT2D eigenvalue weighted by atomic mass is 19.1. The largest absolute Gasteiger partial charge is 0.244 e. The van der Waals surface area contributed by atoms with E-state index in [2.05, 4.69) is 26.8 Å². The van der Waals surface area contributed by atoms with E-state index in [9.17, 15) is 4.39 Å². The van der Waals surface area contributed by atoms with Crippen molar-refractivity contribution < 1.29 is 4.39 Å². The van der Waals surface area contributed by atoms with Crippen molar-refractivity contribution in [2.75, 3.05) is 0 Å². The van der Waals surface area contributed by atoms with Crippen molar-refractivity contribution >= 4 is 0 Å². The third-order valence-electron chi connectivity index (χ3n) is 4.70. The lowest BCUT2D eigenvalue weighted by Crippen LogP contribution is -2.12. The van der Waals surface area contributed by atoms with Gasteiger partial charge >= 0.3 is 0 Å². The van der Waals surface area contributed by atoms with Gasteiger partial charge in [0.15, 0.2) is 0 Å². The van der Waals surface area contributed by atoms with Crippen molar-refractivity contribution in [3.05, 3.63) is 22.8 Å². The van der Waals surface area contributed by atoms with E-state index >= 15 is 0 Å². The Labute approximate surface area is 118 Å². The van der Waals surface area contributed by atoms with Gasteiger partial charge in [0.25, 0.3) is 0 Å². The fraction of sp³-hybridized carbons (Fsp3) is 0.778. The molecule has 1 heteroatoms. The lowest BCUT2D eigenvalue weighted by Gasteiger charge is -2.18. The van der Waals surface area contributed by atoms with Crippen molar-refractivity contribution in [2.45, 2.75) is 78.8 Å². The van der Waals surface area contributed by atoms with E-state index in [-0.39, 0.29) is 0 Å². The van der Waals surface area contributed by atoms with Crippen molar-refractivity contribution in [1.29, 1.82) is 0 Å². The van der Waals surface area contributed by atoms with Crippen molar-refractivity contribution in [1.82, 2.24) is 0 Å². The van der Waals surface area contributed by atoms with E-state index in [4.69, 9.17) is 0 Å². The Hall–Kier alpha value is -0.590. The number of allylic oxidation sites excluding steroid dienone is 4. The molecular weight excluding hydrogens is 235 g/mol. The maximum Gasteiger partial charge on any atom is 0.109 e. The minimum absolute atomic E-state index is 0.494. The summed E-state index contributed by atoms with van der Waals surface area (Å²) < 4.78 is 13.8. The summed E-state index contributed by atoms with van der Waals surface area (Å²) in [5.74, 6) is 0.790. The van der Waals surface area contributed by atoms with Gasteiger partial charge in [-0.1, -0.05) is 37.5 Å². The molecule has 0 heterocycles. The molecule has 0 saturated heterocycles. The fourth-order valence-electron chi connectivity index (χ4n) is 3.23. The second-order valence-corrected chi connectivity index (χ2v) is 7.76. The van der Waals surface area contributed by atoms with Crippen LogP contribution in [0, 0.1) is 11.3 Å².